The fraction of sp³-hybridized carbons (Fsp3) is 0.368. The first-order valence-electron chi connectivity index (χ1n) is 8.97. The second-order valence-corrected chi connectivity index (χ2v) is 6.61. The van der Waals surface area contributed by atoms with Crippen molar-refractivity contribution in [1.82, 2.24) is 24.7 Å². The van der Waals surface area contributed by atoms with E-state index in [1.54, 1.807) is 6.20 Å². The van der Waals surface area contributed by atoms with Crippen molar-refractivity contribution in [3.8, 4) is 0 Å². The van der Waals surface area contributed by atoms with E-state index in [-0.39, 0.29) is 6.04 Å². The molecule has 1 N–H and O–H groups in total. The summed E-state index contributed by atoms with van der Waals surface area (Å²) < 4.78 is 2.28. The Balaban J connectivity index is 1.52. The first-order valence-corrected chi connectivity index (χ1v) is 8.97. The van der Waals surface area contributed by atoms with Crippen LogP contribution in [0.2, 0.25) is 0 Å². The molecule has 3 heterocycles. The first kappa shape index (κ1) is 16.5. The van der Waals surface area contributed by atoms with E-state index in [1.165, 1.54) is 5.56 Å². The zero-order valence-corrected chi connectivity index (χ0v) is 15.1. The molecule has 0 radical (unpaired) electrons. The molecule has 7 nitrogen and oxygen atoms in total. The van der Waals surface area contributed by atoms with Crippen LogP contribution in [0, 0.1) is 0 Å². The number of nitrogens with one attached hydrogen (secondary N) is 1. The molecule has 134 valence electrons. The van der Waals surface area contributed by atoms with Crippen molar-refractivity contribution >= 4 is 11.8 Å². The number of hydrogen-bond donors (Lipinski definition) is 1. The number of anilines is 2. The highest BCUT2D eigenvalue weighted by atomic mass is 15.4. The van der Waals surface area contributed by atoms with Gasteiger partial charge < -0.3 is 14.8 Å². The van der Waals surface area contributed by atoms with Gasteiger partial charge in [0.25, 0.3) is 0 Å². The van der Waals surface area contributed by atoms with E-state index in [2.05, 4.69) is 66.1 Å². The zero-order chi connectivity index (χ0) is 17.9. The van der Waals surface area contributed by atoms with Gasteiger partial charge in [0.05, 0.1) is 12.6 Å². The minimum absolute atomic E-state index is 0.279. The highest BCUT2D eigenvalue weighted by Gasteiger charge is 2.27. The molecule has 1 aliphatic heterocycles. The Morgan fingerprint density at radius 1 is 1.12 bits per heavy atom. The number of fused-ring (bicyclic) bond motifs is 1. The van der Waals surface area contributed by atoms with Gasteiger partial charge in [0.15, 0.2) is 5.82 Å². The third-order valence-electron chi connectivity index (χ3n) is 4.76. The maximum atomic E-state index is 4.55. The fourth-order valence-corrected chi connectivity index (χ4v) is 3.48. The smallest absolute Gasteiger partial charge is 0.227 e. The largest absolute Gasteiger partial charge is 0.373 e. The molecule has 0 amide bonds. The zero-order valence-electron chi connectivity index (χ0n) is 15.1. The Morgan fingerprint density at radius 2 is 1.96 bits per heavy atom. The molecule has 3 aromatic rings. The Morgan fingerprint density at radius 3 is 2.77 bits per heavy atom. The number of aryl methyl sites for hydroxylation is 2. The fourth-order valence-electron chi connectivity index (χ4n) is 3.48. The standard InChI is InChI=1S/C19H23N7/c1-14-12-25(19-21-11-10-16(20-2)22-19)13-18-24-23-17(26(14)18)9-8-15-6-4-3-5-7-15/h3-7,10-11,14H,8-9,12-13H2,1-2H3,(H,20,21,22)/t14-/m0/s1. The van der Waals surface area contributed by atoms with Crippen LogP contribution in [-0.2, 0) is 19.4 Å². The van der Waals surface area contributed by atoms with Gasteiger partial charge in [0.2, 0.25) is 5.95 Å². The van der Waals surface area contributed by atoms with Crippen molar-refractivity contribution in [3.05, 3.63) is 59.8 Å². The van der Waals surface area contributed by atoms with Gasteiger partial charge in [-0.15, -0.1) is 10.2 Å². The Bertz CT molecular complexity index is 875. The van der Waals surface area contributed by atoms with Gasteiger partial charge >= 0.3 is 0 Å². The predicted octanol–water partition coefficient (Wildman–Crippen LogP) is 2.48. The predicted molar refractivity (Wildman–Crippen MR) is 101 cm³/mol. The van der Waals surface area contributed by atoms with E-state index in [4.69, 9.17) is 0 Å². The van der Waals surface area contributed by atoms with Gasteiger partial charge in [-0.25, -0.2) is 4.98 Å². The summed E-state index contributed by atoms with van der Waals surface area (Å²) in [6, 6.07) is 12.7. The molecule has 1 aliphatic rings. The topological polar surface area (TPSA) is 71.8 Å². The minimum atomic E-state index is 0.279. The summed E-state index contributed by atoms with van der Waals surface area (Å²) in [7, 11) is 1.86. The number of aromatic nitrogens is 5. The summed E-state index contributed by atoms with van der Waals surface area (Å²) in [5.74, 6) is 3.58. The average Bonchev–Trinajstić information content (AvgIpc) is 3.11. The number of nitrogens with zero attached hydrogens (tertiary/aromatic N) is 6. The van der Waals surface area contributed by atoms with Crippen LogP contribution in [0.3, 0.4) is 0 Å². The number of hydrogen-bond acceptors (Lipinski definition) is 6. The van der Waals surface area contributed by atoms with Crippen LogP contribution in [0.4, 0.5) is 11.8 Å². The van der Waals surface area contributed by atoms with E-state index in [0.717, 1.165) is 42.8 Å². The van der Waals surface area contributed by atoms with Crippen LogP contribution in [0.5, 0.6) is 0 Å². The van der Waals surface area contributed by atoms with Gasteiger partial charge in [-0.3, -0.25) is 0 Å². The molecule has 0 fully saturated rings. The highest BCUT2D eigenvalue weighted by molar-refractivity contribution is 5.41. The maximum Gasteiger partial charge on any atom is 0.227 e. The summed E-state index contributed by atoms with van der Waals surface area (Å²) >= 11 is 0. The summed E-state index contributed by atoms with van der Waals surface area (Å²) in [6.45, 7) is 3.72. The van der Waals surface area contributed by atoms with Gasteiger partial charge in [-0.1, -0.05) is 30.3 Å². The molecule has 0 aliphatic carbocycles. The van der Waals surface area contributed by atoms with Crippen molar-refractivity contribution in [3.63, 3.8) is 0 Å². The van der Waals surface area contributed by atoms with E-state index in [1.807, 2.05) is 19.2 Å². The molecule has 1 atom stereocenters. The van der Waals surface area contributed by atoms with Crippen LogP contribution >= 0.6 is 0 Å². The minimum Gasteiger partial charge on any atom is -0.373 e. The van der Waals surface area contributed by atoms with Crippen LogP contribution in [-0.4, -0.2) is 38.3 Å². The lowest BCUT2D eigenvalue weighted by Gasteiger charge is -2.32. The molecule has 4 rings (SSSR count). The summed E-state index contributed by atoms with van der Waals surface area (Å²) in [5.41, 5.74) is 1.33. The van der Waals surface area contributed by atoms with Crippen LogP contribution in [0.15, 0.2) is 42.6 Å². The second-order valence-electron chi connectivity index (χ2n) is 6.61. The molecule has 1 aromatic carbocycles. The molecule has 0 saturated carbocycles. The van der Waals surface area contributed by atoms with Crippen LogP contribution in [0.25, 0.3) is 0 Å². The van der Waals surface area contributed by atoms with Crippen molar-refractivity contribution in [1.29, 1.82) is 0 Å². The van der Waals surface area contributed by atoms with Crippen molar-refractivity contribution in [2.24, 2.45) is 0 Å². The molecule has 0 spiro atoms. The SMILES string of the molecule is CNc1ccnc(N2Cc3nnc(CCc4ccccc4)n3[C@@H](C)C2)n1. The molecule has 0 unspecified atom stereocenters. The van der Waals surface area contributed by atoms with Crippen LogP contribution < -0.4 is 10.2 Å². The van der Waals surface area contributed by atoms with Crippen LogP contribution in [0.1, 0.15) is 30.2 Å². The van der Waals surface area contributed by atoms with Gasteiger partial charge in [-0.2, -0.15) is 4.98 Å². The Labute approximate surface area is 153 Å². The van der Waals surface area contributed by atoms with Crippen molar-refractivity contribution in [2.75, 3.05) is 23.8 Å². The number of benzene rings is 1. The first-order chi connectivity index (χ1) is 12.7. The van der Waals surface area contributed by atoms with E-state index < -0.39 is 0 Å². The molecule has 26 heavy (non-hydrogen) atoms. The Kier molecular flexibility index (Phi) is 4.51. The molecule has 0 bridgehead atoms. The molecule has 2 aromatic heterocycles. The maximum absolute atomic E-state index is 4.55. The van der Waals surface area contributed by atoms with Crippen molar-refractivity contribution < 1.29 is 0 Å². The quantitative estimate of drug-likeness (QED) is 0.763. The second kappa shape index (κ2) is 7.11. The average molecular weight is 349 g/mol. The summed E-state index contributed by atoms with van der Waals surface area (Å²) in [6.07, 6.45) is 3.65. The van der Waals surface area contributed by atoms with Crippen molar-refractivity contribution in [2.45, 2.75) is 32.4 Å². The van der Waals surface area contributed by atoms with Gasteiger partial charge in [0.1, 0.15) is 11.6 Å². The lowest BCUT2D eigenvalue weighted by molar-refractivity contribution is 0.444. The molecule has 7 heteroatoms. The Hall–Kier alpha value is -2.96. The van der Waals surface area contributed by atoms with E-state index in [9.17, 15) is 0 Å². The summed E-state index contributed by atoms with van der Waals surface area (Å²) in [5, 5.41) is 12.0. The third kappa shape index (κ3) is 3.24. The molecular weight excluding hydrogens is 326 g/mol. The third-order valence-corrected chi connectivity index (χ3v) is 4.76. The van der Waals surface area contributed by atoms with E-state index >= 15 is 0 Å². The van der Waals surface area contributed by atoms with Gasteiger partial charge in [0, 0.05) is 26.2 Å². The number of rotatable bonds is 5. The highest BCUT2D eigenvalue weighted by Crippen LogP contribution is 2.25. The monoisotopic (exact) mass is 349 g/mol. The van der Waals surface area contributed by atoms with Gasteiger partial charge in [-0.05, 0) is 25.0 Å². The van der Waals surface area contributed by atoms with E-state index in [0.29, 0.717) is 6.54 Å². The lowest BCUT2D eigenvalue weighted by atomic mass is 10.1. The molecular formula is C19H23N7. The lowest BCUT2D eigenvalue weighted by Crippen LogP contribution is -2.38. The normalized spacial score (nSPS) is 16.4. The molecule has 0 saturated heterocycles. The summed E-state index contributed by atoms with van der Waals surface area (Å²) in [4.78, 5) is 11.1.